The number of nitrogens with zero attached hydrogens (tertiary/aromatic N) is 3. The van der Waals surface area contributed by atoms with Crippen molar-refractivity contribution in [1.29, 1.82) is 15.8 Å². The van der Waals surface area contributed by atoms with E-state index in [9.17, 15) is 4.79 Å². The van der Waals surface area contributed by atoms with E-state index in [-0.39, 0.29) is 23.8 Å². The first-order valence-electron chi connectivity index (χ1n) is 6.28. The van der Waals surface area contributed by atoms with Gasteiger partial charge in [-0.25, -0.2) is 0 Å². The lowest BCUT2D eigenvalue weighted by Crippen LogP contribution is -2.17. The smallest absolute Gasteiger partial charge is 0.250 e. The molecule has 0 saturated heterocycles. The summed E-state index contributed by atoms with van der Waals surface area (Å²) in [4.78, 5) is 11.6. The fraction of sp³-hybridized carbons (Fsp3) is 0.200. The molecule has 1 rings (SSSR count). The van der Waals surface area contributed by atoms with E-state index in [0.29, 0.717) is 17.1 Å². The zero-order valence-electron chi connectivity index (χ0n) is 12.5. The van der Waals surface area contributed by atoms with Crippen LogP contribution in [0.4, 0.5) is 11.4 Å². The molecule has 8 heteroatoms. The quantitative estimate of drug-likeness (QED) is 0.761. The molecule has 0 spiro atoms. The Morgan fingerprint density at radius 3 is 2.35 bits per heavy atom. The van der Waals surface area contributed by atoms with Gasteiger partial charge in [0.25, 0.3) is 0 Å². The Morgan fingerprint density at radius 2 is 1.83 bits per heavy atom. The summed E-state index contributed by atoms with van der Waals surface area (Å²) in [6.45, 7) is -0.128. The van der Waals surface area contributed by atoms with Crippen molar-refractivity contribution in [3.05, 3.63) is 29.5 Å². The molecule has 0 radical (unpaired) electrons. The highest BCUT2D eigenvalue weighted by Crippen LogP contribution is 2.28. The first-order valence-corrected chi connectivity index (χ1v) is 6.28. The van der Waals surface area contributed by atoms with Gasteiger partial charge in [-0.1, -0.05) is 0 Å². The van der Waals surface area contributed by atoms with Gasteiger partial charge in [0.1, 0.15) is 36.3 Å². The maximum absolute atomic E-state index is 11.6. The lowest BCUT2D eigenvalue weighted by Gasteiger charge is -2.12. The first kappa shape index (κ1) is 17.5. The summed E-state index contributed by atoms with van der Waals surface area (Å²) in [6, 6.07) is 9.67. The minimum Gasteiger partial charge on any atom is -0.495 e. The average Bonchev–Trinajstić information content (AvgIpc) is 2.55. The van der Waals surface area contributed by atoms with Gasteiger partial charge in [0.2, 0.25) is 5.91 Å². The number of nitriles is 3. The number of anilines is 2. The maximum atomic E-state index is 11.6. The van der Waals surface area contributed by atoms with Gasteiger partial charge < -0.3 is 20.1 Å². The van der Waals surface area contributed by atoms with Crippen molar-refractivity contribution in [2.75, 3.05) is 31.5 Å². The zero-order chi connectivity index (χ0) is 17.2. The van der Waals surface area contributed by atoms with E-state index >= 15 is 0 Å². The summed E-state index contributed by atoms with van der Waals surface area (Å²) in [5.74, 6) is 0.0250. The number of ether oxygens (including phenoxy) is 2. The second kappa shape index (κ2) is 8.68. The Bertz CT molecular complexity index is 734. The van der Waals surface area contributed by atoms with E-state index in [1.807, 2.05) is 0 Å². The highest BCUT2D eigenvalue weighted by atomic mass is 16.5. The monoisotopic (exact) mass is 311 g/mol. The van der Waals surface area contributed by atoms with Crippen molar-refractivity contribution in [2.45, 2.75) is 0 Å². The summed E-state index contributed by atoms with van der Waals surface area (Å²) < 4.78 is 9.87. The van der Waals surface area contributed by atoms with E-state index in [1.54, 1.807) is 30.3 Å². The van der Waals surface area contributed by atoms with Gasteiger partial charge in [-0.15, -0.1) is 0 Å². The number of carbonyl (C=O) groups is 1. The molecule has 1 aromatic rings. The molecule has 0 aromatic heterocycles. The molecule has 0 unspecified atom stereocenters. The molecule has 0 aliphatic rings. The minimum absolute atomic E-state index is 0.128. The van der Waals surface area contributed by atoms with Gasteiger partial charge in [0.15, 0.2) is 5.57 Å². The van der Waals surface area contributed by atoms with E-state index < -0.39 is 0 Å². The predicted octanol–water partition coefficient (Wildman–Crippen LogP) is 1.52. The van der Waals surface area contributed by atoms with E-state index in [4.69, 9.17) is 25.3 Å². The average molecular weight is 311 g/mol. The fourth-order valence-corrected chi connectivity index (χ4v) is 1.63. The van der Waals surface area contributed by atoms with Crippen molar-refractivity contribution in [1.82, 2.24) is 0 Å². The Labute approximate surface area is 133 Å². The number of allylic oxidation sites excluding steroid dienone is 2. The molecule has 0 fully saturated rings. The summed E-state index contributed by atoms with van der Waals surface area (Å²) in [7, 11) is 2.84. The molecular weight excluding hydrogens is 298 g/mol. The van der Waals surface area contributed by atoms with Gasteiger partial charge >= 0.3 is 0 Å². The van der Waals surface area contributed by atoms with Gasteiger partial charge in [-0.05, 0) is 18.2 Å². The van der Waals surface area contributed by atoms with Gasteiger partial charge in [0, 0.05) is 12.8 Å². The highest BCUT2D eigenvalue weighted by molar-refractivity contribution is 5.94. The van der Waals surface area contributed by atoms with Crippen LogP contribution in [-0.4, -0.2) is 26.7 Å². The van der Waals surface area contributed by atoms with Crippen LogP contribution in [0.5, 0.6) is 5.75 Å². The number of rotatable bonds is 6. The number of hydrogen-bond donors (Lipinski definition) is 2. The molecule has 0 bridgehead atoms. The van der Waals surface area contributed by atoms with Crippen LogP contribution in [0.3, 0.4) is 0 Å². The third-order valence-corrected chi connectivity index (χ3v) is 2.60. The van der Waals surface area contributed by atoms with Crippen molar-refractivity contribution in [3.63, 3.8) is 0 Å². The third kappa shape index (κ3) is 4.75. The number of amides is 1. The molecule has 1 amide bonds. The molecule has 0 aliphatic carbocycles. The molecule has 116 valence electrons. The second-order valence-electron chi connectivity index (χ2n) is 4.11. The second-order valence-corrected chi connectivity index (χ2v) is 4.11. The lowest BCUT2D eigenvalue weighted by atomic mass is 10.2. The number of hydrogen-bond acceptors (Lipinski definition) is 7. The van der Waals surface area contributed by atoms with Crippen LogP contribution in [0.2, 0.25) is 0 Å². The van der Waals surface area contributed by atoms with Crippen LogP contribution in [0.15, 0.2) is 29.5 Å². The lowest BCUT2D eigenvalue weighted by molar-refractivity contribution is -0.119. The SMILES string of the molecule is COCC(=O)Nc1cc(NC(C#N)=C(C#N)C#N)ccc1OC. The molecule has 8 nitrogen and oxygen atoms in total. The summed E-state index contributed by atoms with van der Waals surface area (Å²) >= 11 is 0. The Hall–Kier alpha value is -3.54. The van der Waals surface area contributed by atoms with Crippen LogP contribution in [0, 0.1) is 34.0 Å². The number of nitrogens with one attached hydrogen (secondary N) is 2. The summed E-state index contributed by atoms with van der Waals surface area (Å²) in [5, 5.41) is 31.9. The molecular formula is C15H13N5O3. The summed E-state index contributed by atoms with van der Waals surface area (Å²) in [5.41, 5.74) is 0.230. The van der Waals surface area contributed by atoms with Crippen molar-refractivity contribution >= 4 is 17.3 Å². The number of benzene rings is 1. The number of carbonyl (C=O) groups excluding carboxylic acids is 1. The molecule has 0 atom stereocenters. The van der Waals surface area contributed by atoms with Crippen LogP contribution >= 0.6 is 0 Å². The minimum atomic E-state index is -0.381. The molecule has 0 aliphatic heterocycles. The van der Waals surface area contributed by atoms with Crippen LogP contribution in [-0.2, 0) is 9.53 Å². The van der Waals surface area contributed by atoms with Crippen LogP contribution < -0.4 is 15.4 Å². The molecule has 23 heavy (non-hydrogen) atoms. The third-order valence-electron chi connectivity index (χ3n) is 2.60. The van der Waals surface area contributed by atoms with Gasteiger partial charge in [-0.3, -0.25) is 4.79 Å². The topological polar surface area (TPSA) is 131 Å². The Kier molecular flexibility index (Phi) is 6.61. The van der Waals surface area contributed by atoms with E-state index in [0.717, 1.165) is 0 Å². The van der Waals surface area contributed by atoms with Gasteiger partial charge in [-0.2, -0.15) is 15.8 Å². The predicted molar refractivity (Wildman–Crippen MR) is 81.0 cm³/mol. The van der Waals surface area contributed by atoms with Crippen molar-refractivity contribution < 1.29 is 14.3 Å². The van der Waals surface area contributed by atoms with Crippen LogP contribution in [0.25, 0.3) is 0 Å². The normalized spacial score (nSPS) is 8.83. The van der Waals surface area contributed by atoms with E-state index in [1.165, 1.54) is 20.3 Å². The standard InChI is InChI=1S/C15H13N5O3/c1-22-9-15(21)20-12-5-11(3-4-14(12)23-2)19-13(8-18)10(6-16)7-17/h3-5,19H,9H2,1-2H3,(H,20,21). The highest BCUT2D eigenvalue weighted by Gasteiger charge is 2.11. The maximum Gasteiger partial charge on any atom is 0.250 e. The van der Waals surface area contributed by atoms with Crippen molar-refractivity contribution in [3.8, 4) is 24.0 Å². The largest absolute Gasteiger partial charge is 0.495 e. The summed E-state index contributed by atoms with van der Waals surface area (Å²) in [6.07, 6.45) is 0. The fourth-order valence-electron chi connectivity index (χ4n) is 1.63. The molecule has 1 aromatic carbocycles. The molecule has 0 heterocycles. The van der Waals surface area contributed by atoms with Crippen molar-refractivity contribution in [2.24, 2.45) is 0 Å². The number of methoxy groups -OCH3 is 2. The zero-order valence-corrected chi connectivity index (χ0v) is 12.5. The van der Waals surface area contributed by atoms with Crippen LogP contribution in [0.1, 0.15) is 0 Å². The van der Waals surface area contributed by atoms with E-state index in [2.05, 4.69) is 10.6 Å². The molecule has 0 saturated carbocycles. The first-order chi connectivity index (χ1) is 11.1. The Morgan fingerprint density at radius 1 is 1.13 bits per heavy atom. The molecule has 2 N–H and O–H groups in total. The Balaban J connectivity index is 3.14. The van der Waals surface area contributed by atoms with Gasteiger partial charge in [0.05, 0.1) is 12.8 Å².